The first kappa shape index (κ1) is 27.9. The predicted molar refractivity (Wildman–Crippen MR) is 131 cm³/mol. The van der Waals surface area contributed by atoms with E-state index in [0.717, 1.165) is 5.56 Å². The quantitative estimate of drug-likeness (QED) is 0.502. The standard InChI is InChI=1S/C25H38ClN3O5/c1-16(2)20(28-22(32)27-14-24(6,7)34-17(3)30)21(31)29-13-12-25(33,23(4,5)15-29)18-8-10-19(26)11-9-18/h8-11,16,20,33H,12-15H2,1-7H3,(H2,27,28,32). The summed E-state index contributed by atoms with van der Waals surface area (Å²) in [6.45, 7) is 13.1. The molecule has 1 aromatic rings. The fourth-order valence-electron chi connectivity index (χ4n) is 4.39. The fourth-order valence-corrected chi connectivity index (χ4v) is 4.52. The summed E-state index contributed by atoms with van der Waals surface area (Å²) < 4.78 is 5.18. The Labute approximate surface area is 207 Å². The second kappa shape index (κ2) is 10.5. The Hall–Kier alpha value is -2.32. The van der Waals surface area contributed by atoms with Gasteiger partial charge in [-0.1, -0.05) is 51.4 Å². The Morgan fingerprint density at radius 1 is 1.21 bits per heavy atom. The molecular formula is C25H38ClN3O5. The van der Waals surface area contributed by atoms with E-state index in [1.54, 1.807) is 30.9 Å². The van der Waals surface area contributed by atoms with Gasteiger partial charge in [0.1, 0.15) is 11.6 Å². The van der Waals surface area contributed by atoms with Crippen LogP contribution >= 0.6 is 11.6 Å². The van der Waals surface area contributed by atoms with Gasteiger partial charge >= 0.3 is 12.0 Å². The lowest BCUT2D eigenvalue weighted by Gasteiger charge is -2.51. The molecule has 1 saturated heterocycles. The van der Waals surface area contributed by atoms with Crippen molar-refractivity contribution in [1.82, 2.24) is 15.5 Å². The summed E-state index contributed by atoms with van der Waals surface area (Å²) in [4.78, 5) is 38.9. The SMILES string of the molecule is CC(=O)OC(C)(C)CNC(=O)NC(C(=O)N1CCC(O)(c2ccc(Cl)cc2)C(C)(C)C1)C(C)C. The van der Waals surface area contributed by atoms with Crippen molar-refractivity contribution in [2.24, 2.45) is 11.3 Å². The van der Waals surface area contributed by atoms with Crippen molar-refractivity contribution in [2.45, 2.75) is 72.1 Å². The van der Waals surface area contributed by atoms with Crippen LogP contribution in [0, 0.1) is 11.3 Å². The van der Waals surface area contributed by atoms with E-state index in [9.17, 15) is 19.5 Å². The highest BCUT2D eigenvalue weighted by Crippen LogP contribution is 2.46. The van der Waals surface area contributed by atoms with E-state index < -0.39 is 34.7 Å². The van der Waals surface area contributed by atoms with Gasteiger partial charge in [-0.2, -0.15) is 0 Å². The van der Waals surface area contributed by atoms with Crippen LogP contribution in [0.2, 0.25) is 5.02 Å². The maximum Gasteiger partial charge on any atom is 0.315 e. The summed E-state index contributed by atoms with van der Waals surface area (Å²) >= 11 is 6.01. The Morgan fingerprint density at radius 2 is 1.79 bits per heavy atom. The molecule has 2 atom stereocenters. The van der Waals surface area contributed by atoms with Gasteiger partial charge in [-0.3, -0.25) is 9.59 Å². The molecule has 0 saturated carbocycles. The zero-order valence-electron chi connectivity index (χ0n) is 21.2. The van der Waals surface area contributed by atoms with Crippen molar-refractivity contribution in [3.8, 4) is 0 Å². The Morgan fingerprint density at radius 3 is 2.29 bits per heavy atom. The zero-order valence-corrected chi connectivity index (χ0v) is 22.0. The number of hydrogen-bond donors (Lipinski definition) is 3. The molecule has 190 valence electrons. The van der Waals surface area contributed by atoms with Crippen LogP contribution in [0.1, 0.15) is 60.5 Å². The van der Waals surface area contributed by atoms with Crippen LogP contribution in [-0.2, 0) is 19.9 Å². The van der Waals surface area contributed by atoms with E-state index in [1.165, 1.54) is 6.92 Å². The molecule has 0 spiro atoms. The van der Waals surface area contributed by atoms with Gasteiger partial charge in [-0.15, -0.1) is 0 Å². The molecule has 1 heterocycles. The largest absolute Gasteiger partial charge is 0.458 e. The molecule has 8 nitrogen and oxygen atoms in total. The second-order valence-corrected chi connectivity index (χ2v) is 11.1. The van der Waals surface area contributed by atoms with E-state index in [2.05, 4.69) is 10.6 Å². The number of nitrogens with zero attached hydrogens (tertiary/aromatic N) is 1. The highest BCUT2D eigenvalue weighted by molar-refractivity contribution is 6.30. The van der Waals surface area contributed by atoms with Crippen LogP contribution in [0.25, 0.3) is 0 Å². The van der Waals surface area contributed by atoms with Gasteiger partial charge < -0.3 is 25.4 Å². The van der Waals surface area contributed by atoms with Crippen LogP contribution < -0.4 is 10.6 Å². The molecule has 2 rings (SSSR count). The number of likely N-dealkylation sites (tertiary alicyclic amines) is 1. The van der Waals surface area contributed by atoms with Gasteiger partial charge in [0, 0.05) is 30.5 Å². The average Bonchev–Trinajstić information content (AvgIpc) is 2.71. The zero-order chi connectivity index (χ0) is 25.9. The monoisotopic (exact) mass is 495 g/mol. The number of benzene rings is 1. The van der Waals surface area contributed by atoms with Gasteiger partial charge in [0.25, 0.3) is 0 Å². The summed E-state index contributed by atoms with van der Waals surface area (Å²) in [6.07, 6.45) is 0.362. The summed E-state index contributed by atoms with van der Waals surface area (Å²) in [7, 11) is 0. The first-order valence-corrected chi connectivity index (χ1v) is 12.0. The number of rotatable bonds is 7. The van der Waals surface area contributed by atoms with Crippen molar-refractivity contribution in [3.05, 3.63) is 34.9 Å². The van der Waals surface area contributed by atoms with Gasteiger partial charge in [0.2, 0.25) is 5.91 Å². The summed E-state index contributed by atoms with van der Waals surface area (Å²) in [5.74, 6) is -0.788. The van der Waals surface area contributed by atoms with Gasteiger partial charge in [-0.05, 0) is 43.9 Å². The number of piperidine rings is 1. The molecule has 34 heavy (non-hydrogen) atoms. The molecule has 1 aliphatic rings. The Bertz CT molecular complexity index is 900. The molecule has 3 N–H and O–H groups in total. The number of urea groups is 1. The molecule has 1 fully saturated rings. The van der Waals surface area contributed by atoms with E-state index in [0.29, 0.717) is 24.5 Å². The number of carbonyl (C=O) groups is 3. The number of amides is 3. The number of hydrogen-bond acceptors (Lipinski definition) is 5. The maximum absolute atomic E-state index is 13.4. The molecule has 0 bridgehead atoms. The summed E-state index contributed by atoms with van der Waals surface area (Å²) in [5.41, 5.74) is -1.85. The smallest absolute Gasteiger partial charge is 0.315 e. The Balaban J connectivity index is 2.08. The first-order chi connectivity index (χ1) is 15.6. The third kappa shape index (κ3) is 6.63. The molecule has 1 aliphatic heterocycles. The van der Waals surface area contributed by atoms with Gasteiger partial charge in [0.05, 0.1) is 12.1 Å². The molecule has 0 aliphatic carbocycles. The molecule has 1 aromatic carbocycles. The number of ether oxygens (including phenoxy) is 1. The van der Waals surface area contributed by atoms with Crippen LogP contribution in [0.3, 0.4) is 0 Å². The van der Waals surface area contributed by atoms with Crippen molar-refractivity contribution < 1.29 is 24.2 Å². The minimum absolute atomic E-state index is 0.0995. The van der Waals surface area contributed by atoms with Crippen molar-refractivity contribution in [2.75, 3.05) is 19.6 Å². The Kier molecular flexibility index (Phi) is 8.64. The van der Waals surface area contributed by atoms with E-state index in [-0.39, 0.29) is 18.4 Å². The van der Waals surface area contributed by atoms with Gasteiger partial charge in [-0.25, -0.2) is 4.79 Å². The predicted octanol–water partition coefficient (Wildman–Crippen LogP) is 3.45. The third-order valence-electron chi connectivity index (χ3n) is 6.40. The molecular weight excluding hydrogens is 458 g/mol. The third-order valence-corrected chi connectivity index (χ3v) is 6.65. The first-order valence-electron chi connectivity index (χ1n) is 11.6. The minimum atomic E-state index is -1.12. The van der Waals surface area contributed by atoms with E-state index in [4.69, 9.17) is 16.3 Å². The van der Waals surface area contributed by atoms with Crippen LogP contribution in [0.5, 0.6) is 0 Å². The van der Waals surface area contributed by atoms with Crippen molar-refractivity contribution >= 4 is 29.5 Å². The summed E-state index contributed by atoms with van der Waals surface area (Å²) in [6, 6.07) is 5.89. The van der Waals surface area contributed by atoms with Gasteiger partial charge in [0.15, 0.2) is 0 Å². The lowest BCUT2D eigenvalue weighted by molar-refractivity contribution is -0.155. The highest BCUT2D eigenvalue weighted by Gasteiger charge is 2.50. The van der Waals surface area contributed by atoms with E-state index >= 15 is 0 Å². The normalized spacial score (nSPS) is 21.1. The van der Waals surface area contributed by atoms with Crippen molar-refractivity contribution in [3.63, 3.8) is 0 Å². The maximum atomic E-state index is 13.4. The van der Waals surface area contributed by atoms with Crippen LogP contribution in [0.15, 0.2) is 24.3 Å². The number of halogens is 1. The molecule has 3 amide bonds. The topological polar surface area (TPSA) is 108 Å². The number of nitrogens with one attached hydrogen (secondary N) is 2. The molecule has 2 unspecified atom stereocenters. The minimum Gasteiger partial charge on any atom is -0.458 e. The molecule has 9 heteroatoms. The number of carbonyl (C=O) groups excluding carboxylic acids is 3. The lowest BCUT2D eigenvalue weighted by Crippen LogP contribution is -2.61. The number of aliphatic hydroxyl groups is 1. The van der Waals surface area contributed by atoms with Crippen molar-refractivity contribution in [1.29, 1.82) is 0 Å². The van der Waals surface area contributed by atoms with Crippen LogP contribution in [0.4, 0.5) is 4.79 Å². The fraction of sp³-hybridized carbons (Fsp3) is 0.640. The lowest BCUT2D eigenvalue weighted by atomic mass is 9.66. The average molecular weight is 496 g/mol. The van der Waals surface area contributed by atoms with Crippen LogP contribution in [-0.4, -0.2) is 59.2 Å². The second-order valence-electron chi connectivity index (χ2n) is 10.7. The van der Waals surface area contributed by atoms with E-state index in [1.807, 2.05) is 39.8 Å². The summed E-state index contributed by atoms with van der Waals surface area (Å²) in [5, 5.41) is 17.6. The molecule has 0 aromatic heterocycles. The number of esters is 1. The highest BCUT2D eigenvalue weighted by atomic mass is 35.5. The molecule has 0 radical (unpaired) electrons.